The zero-order valence-electron chi connectivity index (χ0n) is 12.8. The van der Waals surface area contributed by atoms with Gasteiger partial charge in [0.15, 0.2) is 0 Å². The molecule has 1 heterocycles. The predicted molar refractivity (Wildman–Crippen MR) is 73.4 cm³/mol. The van der Waals surface area contributed by atoms with Crippen LogP contribution in [0.15, 0.2) is 12.4 Å². The van der Waals surface area contributed by atoms with Gasteiger partial charge >= 0.3 is 31.1 Å². The second-order valence-electron chi connectivity index (χ2n) is 4.48. The Morgan fingerprint density at radius 3 is 1.72 bits per heavy atom. The van der Waals surface area contributed by atoms with E-state index in [4.69, 9.17) is 4.74 Å². The van der Waals surface area contributed by atoms with Crippen LogP contribution in [0.2, 0.25) is 0 Å². The Morgan fingerprint density at radius 1 is 1.00 bits per heavy atom. The van der Waals surface area contributed by atoms with Gasteiger partial charge in [0.2, 0.25) is 0 Å². The van der Waals surface area contributed by atoms with Gasteiger partial charge in [-0.15, -0.1) is 0 Å². The predicted octanol–water partition coefficient (Wildman–Crippen LogP) is 0.584. The fourth-order valence-electron chi connectivity index (χ4n) is 1.18. The lowest BCUT2D eigenvalue weighted by Crippen LogP contribution is -2.45. The number of nitrogens with zero attached hydrogens (tertiary/aromatic N) is 2. The van der Waals surface area contributed by atoms with Crippen molar-refractivity contribution in [2.45, 2.75) is 11.0 Å². The fraction of sp³-hybridized carbons (Fsp3) is 0.778. The van der Waals surface area contributed by atoms with E-state index in [9.17, 15) is 43.2 Å². The molecular weight excluding hydrogens is 408 g/mol. The van der Waals surface area contributed by atoms with E-state index in [0.717, 1.165) is 19.8 Å². The highest BCUT2D eigenvalue weighted by molar-refractivity contribution is 8.05. The van der Waals surface area contributed by atoms with E-state index in [1.54, 1.807) is 7.11 Å². The largest absolute Gasteiger partial charge is 0.512 e. The van der Waals surface area contributed by atoms with Gasteiger partial charge in [-0.25, -0.2) is 16.8 Å². The van der Waals surface area contributed by atoms with Crippen LogP contribution in [0.25, 0.3) is 0 Å². The first-order valence-electron chi connectivity index (χ1n) is 6.06. The van der Waals surface area contributed by atoms with Gasteiger partial charge < -0.3 is 14.5 Å². The first-order valence-corrected chi connectivity index (χ1v) is 9.03. The molecule has 0 aromatic rings. The molecule has 8 nitrogen and oxygen atoms in total. The highest BCUT2D eigenvalue weighted by atomic mass is 32.3. The molecule has 1 aliphatic rings. The first kappa shape index (κ1) is 23.7. The van der Waals surface area contributed by atoms with Gasteiger partial charge in [0.25, 0.3) is 0 Å². The number of ether oxygens (including phenoxy) is 1. The third-order valence-electron chi connectivity index (χ3n) is 2.35. The van der Waals surface area contributed by atoms with Crippen molar-refractivity contribution in [3.8, 4) is 0 Å². The monoisotopic (exact) mass is 423 g/mol. The molecule has 0 spiro atoms. The van der Waals surface area contributed by atoms with E-state index in [-0.39, 0.29) is 0 Å². The summed E-state index contributed by atoms with van der Waals surface area (Å²) in [6.45, 7) is 2.78. The first-order chi connectivity index (χ1) is 11.0. The van der Waals surface area contributed by atoms with Gasteiger partial charge in [-0.1, -0.05) is 4.13 Å². The van der Waals surface area contributed by atoms with E-state index >= 15 is 0 Å². The Labute approximate surface area is 140 Å². The molecule has 0 aromatic heterocycles. The molecule has 0 aromatic carbocycles. The number of hydrogen-bond acceptors (Lipinski definition) is 7. The van der Waals surface area contributed by atoms with E-state index in [1.165, 1.54) is 0 Å². The lowest BCUT2D eigenvalue weighted by atomic mass is 10.6. The average molecular weight is 423 g/mol. The highest BCUT2D eigenvalue weighted by Crippen LogP contribution is 2.27. The van der Waals surface area contributed by atoms with Crippen molar-refractivity contribution in [3.63, 3.8) is 0 Å². The van der Waals surface area contributed by atoms with Crippen molar-refractivity contribution < 1.29 is 47.9 Å². The van der Waals surface area contributed by atoms with Crippen molar-refractivity contribution in [2.24, 2.45) is 0 Å². The summed E-state index contributed by atoms with van der Waals surface area (Å²) in [4.78, 5) is 4.35. The summed E-state index contributed by atoms with van der Waals surface area (Å²) >= 11 is 0. The van der Waals surface area contributed by atoms with Gasteiger partial charge in [-0.2, -0.15) is 26.3 Å². The standard InChI is InChI=1S/C7H14N2O.C2HF6NO4S2/c1-8-3-4-9(7-8)5-6-10-2;3-1(4,5)14(10,11)9-15(12,13)2(6,7)8/h3-4H,5-7H2,1-2H3;9H. The van der Waals surface area contributed by atoms with E-state index in [1.807, 2.05) is 0 Å². The molecule has 0 unspecified atom stereocenters. The van der Waals surface area contributed by atoms with Crippen molar-refractivity contribution in [2.75, 3.05) is 34.0 Å². The van der Waals surface area contributed by atoms with E-state index in [2.05, 4.69) is 29.2 Å². The Morgan fingerprint density at radius 2 is 1.44 bits per heavy atom. The molecule has 150 valence electrons. The van der Waals surface area contributed by atoms with E-state index in [0.29, 0.717) is 0 Å². The van der Waals surface area contributed by atoms with Crippen LogP contribution in [0, 0.1) is 0 Å². The second kappa shape index (κ2) is 8.41. The summed E-state index contributed by atoms with van der Waals surface area (Å²) in [6, 6.07) is 0. The minimum absolute atomic E-state index is 0.493. The molecule has 1 N–H and O–H groups in total. The third kappa shape index (κ3) is 7.66. The molecule has 0 saturated heterocycles. The van der Waals surface area contributed by atoms with Gasteiger partial charge in [-0.05, 0) is 0 Å². The summed E-state index contributed by atoms with van der Waals surface area (Å²) < 4.78 is 113. The molecule has 0 saturated carbocycles. The van der Waals surface area contributed by atoms with Crippen LogP contribution in [-0.4, -0.2) is 71.6 Å². The number of nitrogens with one attached hydrogen (secondary N) is 1. The van der Waals surface area contributed by atoms with Crippen LogP contribution in [0.4, 0.5) is 26.3 Å². The Hall–Kier alpha value is -1.26. The van der Waals surface area contributed by atoms with Gasteiger partial charge in [-0.3, -0.25) is 0 Å². The SMILES string of the molecule is COCCN1C=CN(C)C1.O=S(=O)(NS(=O)(=O)C(F)(F)F)C(F)(F)F. The number of alkyl halides is 6. The van der Waals surface area contributed by atoms with Gasteiger partial charge in [0.05, 0.1) is 13.3 Å². The van der Waals surface area contributed by atoms with Crippen LogP contribution in [0.3, 0.4) is 0 Å². The molecule has 0 radical (unpaired) electrons. The average Bonchev–Trinajstić information content (AvgIpc) is 2.79. The van der Waals surface area contributed by atoms with Crippen LogP contribution in [0.5, 0.6) is 0 Å². The zero-order chi connectivity index (χ0) is 20.1. The van der Waals surface area contributed by atoms with Crippen LogP contribution >= 0.6 is 0 Å². The molecule has 0 bridgehead atoms. The number of halogens is 6. The number of rotatable bonds is 5. The van der Waals surface area contributed by atoms with Crippen molar-refractivity contribution in [1.29, 1.82) is 0 Å². The fourth-order valence-corrected chi connectivity index (χ4v) is 3.09. The Bertz CT molecular complexity index is 616. The smallest absolute Gasteiger partial charge is 0.383 e. The molecule has 0 fully saturated rings. The number of hydrogen-bond donors (Lipinski definition) is 1. The minimum Gasteiger partial charge on any atom is -0.383 e. The van der Waals surface area contributed by atoms with Crippen LogP contribution in [-0.2, 0) is 24.8 Å². The summed E-state index contributed by atoms with van der Waals surface area (Å²) in [5, 5.41) is 0. The minimum atomic E-state index is -6.60. The Kier molecular flexibility index (Phi) is 7.99. The molecule has 25 heavy (non-hydrogen) atoms. The quantitative estimate of drug-likeness (QED) is 0.647. The Balaban J connectivity index is 0.000000496. The molecule has 0 aliphatic carbocycles. The van der Waals surface area contributed by atoms with Gasteiger partial charge in [0, 0.05) is 33.1 Å². The molecule has 1 aliphatic heterocycles. The summed E-state index contributed by atoms with van der Waals surface area (Å²) in [5.74, 6) is 0. The second-order valence-corrected chi connectivity index (χ2v) is 8.09. The van der Waals surface area contributed by atoms with E-state index < -0.39 is 35.2 Å². The molecule has 0 atom stereocenters. The molecule has 1 rings (SSSR count). The number of sulfonamides is 2. The summed E-state index contributed by atoms with van der Waals surface area (Å²) in [5.41, 5.74) is -12.3. The maximum atomic E-state index is 11.5. The number of methoxy groups -OCH3 is 1. The molecule has 0 amide bonds. The summed E-state index contributed by atoms with van der Waals surface area (Å²) in [7, 11) is -9.41. The van der Waals surface area contributed by atoms with Crippen LogP contribution in [0.1, 0.15) is 0 Å². The summed E-state index contributed by atoms with van der Waals surface area (Å²) in [6.07, 6.45) is 4.15. The third-order valence-corrected chi connectivity index (χ3v) is 5.32. The molecular formula is C9H15F6N3O5S2. The maximum Gasteiger partial charge on any atom is 0.512 e. The lowest BCUT2D eigenvalue weighted by molar-refractivity contribution is -0.0476. The van der Waals surface area contributed by atoms with Crippen molar-refractivity contribution >= 4 is 20.0 Å². The lowest BCUT2D eigenvalue weighted by Gasteiger charge is -2.16. The highest BCUT2D eigenvalue weighted by Gasteiger charge is 2.55. The van der Waals surface area contributed by atoms with Crippen molar-refractivity contribution in [1.82, 2.24) is 13.9 Å². The zero-order valence-corrected chi connectivity index (χ0v) is 14.4. The van der Waals surface area contributed by atoms with Crippen molar-refractivity contribution in [3.05, 3.63) is 12.4 Å². The maximum absolute atomic E-state index is 11.5. The van der Waals surface area contributed by atoms with Crippen LogP contribution < -0.4 is 4.13 Å². The van der Waals surface area contributed by atoms with Gasteiger partial charge in [0.1, 0.15) is 0 Å². The topological polar surface area (TPSA) is 96.0 Å². The normalized spacial score (nSPS) is 16.0. The molecule has 16 heteroatoms.